The summed E-state index contributed by atoms with van der Waals surface area (Å²) in [6.07, 6.45) is 4.01. The number of carbonyl (C=O) groups is 1. The van der Waals surface area contributed by atoms with Crippen LogP contribution in [-0.4, -0.2) is 48.0 Å². The van der Waals surface area contributed by atoms with Crippen LogP contribution in [0.3, 0.4) is 0 Å². The Labute approximate surface area is 147 Å². The number of pyridine rings is 1. The van der Waals surface area contributed by atoms with Crippen molar-refractivity contribution in [1.29, 1.82) is 0 Å². The average molecular weight is 344 g/mol. The third kappa shape index (κ3) is 3.43. The number of thiazole rings is 1. The first kappa shape index (κ1) is 16.9. The largest absolute Gasteiger partial charge is 0.363 e. The van der Waals surface area contributed by atoms with Crippen LogP contribution in [-0.2, 0) is 0 Å². The lowest BCUT2D eigenvalue weighted by Crippen LogP contribution is -2.39. The number of amides is 1. The minimum atomic E-state index is 0.129. The summed E-state index contributed by atoms with van der Waals surface area (Å²) < 4.78 is 0. The molecule has 1 unspecified atom stereocenters. The molecular weight excluding hydrogens is 320 g/mol. The predicted molar refractivity (Wildman–Crippen MR) is 98.0 cm³/mol. The van der Waals surface area contributed by atoms with Crippen LogP contribution < -0.4 is 4.90 Å². The van der Waals surface area contributed by atoms with Crippen LogP contribution in [0.2, 0.25) is 0 Å². The Hall–Kier alpha value is -1.95. The maximum atomic E-state index is 12.9. The van der Waals surface area contributed by atoms with Gasteiger partial charge < -0.3 is 9.80 Å². The average Bonchev–Trinajstić information content (AvgIpc) is 2.92. The number of anilines is 1. The molecule has 0 aliphatic carbocycles. The molecule has 0 radical (unpaired) electrons. The molecule has 3 rings (SSSR count). The normalized spacial score (nSPS) is 17.8. The number of piperidine rings is 1. The van der Waals surface area contributed by atoms with Crippen LogP contribution in [0.25, 0.3) is 0 Å². The fourth-order valence-electron chi connectivity index (χ4n) is 3.24. The van der Waals surface area contributed by atoms with Gasteiger partial charge in [-0.3, -0.25) is 4.79 Å². The maximum Gasteiger partial charge on any atom is 0.265 e. The second-order valence-corrected chi connectivity index (χ2v) is 7.78. The second-order valence-electron chi connectivity index (χ2n) is 6.58. The van der Waals surface area contributed by atoms with Crippen LogP contribution in [0.1, 0.15) is 44.7 Å². The van der Waals surface area contributed by atoms with Crippen molar-refractivity contribution in [1.82, 2.24) is 14.9 Å². The van der Waals surface area contributed by atoms with Gasteiger partial charge in [-0.1, -0.05) is 0 Å². The molecule has 3 heterocycles. The summed E-state index contributed by atoms with van der Waals surface area (Å²) in [5.41, 5.74) is 2.12. The van der Waals surface area contributed by atoms with E-state index < -0.39 is 0 Å². The van der Waals surface area contributed by atoms with E-state index in [2.05, 4.69) is 22.1 Å². The van der Waals surface area contributed by atoms with Gasteiger partial charge in [0, 0.05) is 39.3 Å². The third-order valence-corrected chi connectivity index (χ3v) is 5.57. The predicted octanol–water partition coefficient (Wildman–Crippen LogP) is 3.24. The quantitative estimate of drug-likeness (QED) is 0.858. The van der Waals surface area contributed by atoms with Gasteiger partial charge in [-0.15, -0.1) is 11.3 Å². The zero-order valence-corrected chi connectivity index (χ0v) is 15.6. The Morgan fingerprint density at radius 2 is 2.17 bits per heavy atom. The zero-order valence-electron chi connectivity index (χ0n) is 14.7. The van der Waals surface area contributed by atoms with E-state index in [1.807, 2.05) is 43.9 Å². The molecule has 2 aromatic heterocycles. The van der Waals surface area contributed by atoms with Crippen LogP contribution >= 0.6 is 11.3 Å². The van der Waals surface area contributed by atoms with E-state index in [0.29, 0.717) is 5.92 Å². The summed E-state index contributed by atoms with van der Waals surface area (Å²) in [6.45, 7) is 5.47. The summed E-state index contributed by atoms with van der Waals surface area (Å²) in [6, 6.07) is 4.22. The van der Waals surface area contributed by atoms with E-state index in [-0.39, 0.29) is 5.91 Å². The minimum Gasteiger partial charge on any atom is -0.363 e. The van der Waals surface area contributed by atoms with Gasteiger partial charge in [-0.05, 0) is 44.4 Å². The fraction of sp³-hybridized carbons (Fsp3) is 0.500. The van der Waals surface area contributed by atoms with Gasteiger partial charge >= 0.3 is 0 Å². The summed E-state index contributed by atoms with van der Waals surface area (Å²) in [4.78, 5) is 26.4. The van der Waals surface area contributed by atoms with Gasteiger partial charge in [0.15, 0.2) is 0 Å². The summed E-state index contributed by atoms with van der Waals surface area (Å²) in [7, 11) is 4.00. The molecule has 1 fully saturated rings. The van der Waals surface area contributed by atoms with E-state index in [9.17, 15) is 4.79 Å². The van der Waals surface area contributed by atoms with Crippen molar-refractivity contribution < 1.29 is 4.79 Å². The third-order valence-electron chi connectivity index (χ3n) is 4.51. The van der Waals surface area contributed by atoms with Crippen molar-refractivity contribution in [3.8, 4) is 0 Å². The molecule has 0 bridgehead atoms. The number of hydrogen-bond donors (Lipinski definition) is 0. The van der Waals surface area contributed by atoms with Crippen LogP contribution in [0.5, 0.6) is 0 Å². The van der Waals surface area contributed by atoms with E-state index >= 15 is 0 Å². The zero-order chi connectivity index (χ0) is 17.3. The first-order valence-electron chi connectivity index (χ1n) is 8.32. The van der Waals surface area contributed by atoms with Crippen molar-refractivity contribution in [3.05, 3.63) is 39.5 Å². The number of likely N-dealkylation sites (tertiary alicyclic amines) is 1. The van der Waals surface area contributed by atoms with Gasteiger partial charge in [0.05, 0.1) is 10.7 Å². The summed E-state index contributed by atoms with van der Waals surface area (Å²) in [5.74, 6) is 1.47. The molecule has 0 N–H and O–H groups in total. The highest BCUT2D eigenvalue weighted by atomic mass is 32.1. The van der Waals surface area contributed by atoms with Crippen molar-refractivity contribution in [2.24, 2.45) is 0 Å². The van der Waals surface area contributed by atoms with Crippen LogP contribution in [0.15, 0.2) is 18.3 Å². The first-order chi connectivity index (χ1) is 11.5. The van der Waals surface area contributed by atoms with Gasteiger partial charge in [0.2, 0.25) is 0 Å². The highest BCUT2D eigenvalue weighted by Gasteiger charge is 2.27. The Balaban J connectivity index is 1.78. The Kier molecular flexibility index (Phi) is 4.85. The van der Waals surface area contributed by atoms with E-state index in [1.165, 1.54) is 16.9 Å². The number of carbonyl (C=O) groups excluding carboxylic acids is 1. The van der Waals surface area contributed by atoms with Gasteiger partial charge in [-0.2, -0.15) is 0 Å². The Morgan fingerprint density at radius 3 is 2.83 bits per heavy atom. The molecule has 0 spiro atoms. The number of aryl methyl sites for hydroxylation is 2. The van der Waals surface area contributed by atoms with Crippen molar-refractivity contribution in [2.75, 3.05) is 32.1 Å². The SMILES string of the molecule is Cc1nc(C)c(C(=O)N2CCCC(c3ccnc(N(C)C)c3)C2)s1. The van der Waals surface area contributed by atoms with Crippen molar-refractivity contribution in [3.63, 3.8) is 0 Å². The first-order valence-corrected chi connectivity index (χ1v) is 9.14. The molecule has 5 nitrogen and oxygen atoms in total. The molecule has 128 valence electrons. The van der Waals surface area contributed by atoms with Crippen molar-refractivity contribution >= 4 is 23.1 Å². The highest BCUT2D eigenvalue weighted by Crippen LogP contribution is 2.30. The van der Waals surface area contributed by atoms with Gasteiger partial charge in [-0.25, -0.2) is 9.97 Å². The molecule has 1 aliphatic heterocycles. The van der Waals surface area contributed by atoms with Crippen LogP contribution in [0, 0.1) is 13.8 Å². The number of rotatable bonds is 3. The lowest BCUT2D eigenvalue weighted by Gasteiger charge is -2.33. The highest BCUT2D eigenvalue weighted by molar-refractivity contribution is 7.13. The molecular formula is C18H24N4OS. The van der Waals surface area contributed by atoms with E-state index in [1.54, 1.807) is 0 Å². The van der Waals surface area contributed by atoms with E-state index in [4.69, 9.17) is 0 Å². The number of hydrogen-bond acceptors (Lipinski definition) is 5. The Bertz CT molecular complexity index is 740. The summed E-state index contributed by atoms with van der Waals surface area (Å²) >= 11 is 1.50. The molecule has 1 amide bonds. The summed E-state index contributed by atoms with van der Waals surface area (Å²) in [5, 5.41) is 0.953. The maximum absolute atomic E-state index is 12.9. The molecule has 24 heavy (non-hydrogen) atoms. The molecule has 2 aromatic rings. The lowest BCUT2D eigenvalue weighted by atomic mass is 9.91. The molecule has 0 aromatic carbocycles. The molecule has 1 atom stereocenters. The number of aromatic nitrogens is 2. The Morgan fingerprint density at radius 1 is 1.38 bits per heavy atom. The monoisotopic (exact) mass is 344 g/mol. The second kappa shape index (κ2) is 6.89. The van der Waals surface area contributed by atoms with E-state index in [0.717, 1.165) is 47.3 Å². The molecule has 1 aliphatic rings. The standard InChI is InChI=1S/C18H24N4OS/c1-12-17(24-13(2)20-12)18(23)22-9-5-6-15(11-22)14-7-8-19-16(10-14)21(3)4/h7-8,10,15H,5-6,9,11H2,1-4H3. The van der Waals surface area contributed by atoms with Crippen molar-refractivity contribution in [2.45, 2.75) is 32.6 Å². The molecule has 1 saturated heterocycles. The molecule has 6 heteroatoms. The van der Waals surface area contributed by atoms with Crippen LogP contribution in [0.4, 0.5) is 5.82 Å². The number of nitrogens with zero attached hydrogens (tertiary/aromatic N) is 4. The minimum absolute atomic E-state index is 0.129. The van der Waals surface area contributed by atoms with Gasteiger partial charge in [0.25, 0.3) is 5.91 Å². The lowest BCUT2D eigenvalue weighted by molar-refractivity contribution is 0.0711. The fourth-order valence-corrected chi connectivity index (χ4v) is 4.13. The topological polar surface area (TPSA) is 49.3 Å². The van der Waals surface area contributed by atoms with Gasteiger partial charge in [0.1, 0.15) is 10.7 Å². The molecule has 0 saturated carbocycles. The smallest absolute Gasteiger partial charge is 0.265 e.